The highest BCUT2D eigenvalue weighted by atomic mass is 35.5. The molecule has 2 amide bonds. The Balaban J connectivity index is 1.96. The molecule has 0 spiro atoms. The van der Waals surface area contributed by atoms with Crippen LogP contribution in [0.4, 0.5) is 11.4 Å². The lowest BCUT2D eigenvalue weighted by atomic mass is 10.1. The van der Waals surface area contributed by atoms with Gasteiger partial charge >= 0.3 is 0 Å². The second-order valence-electron chi connectivity index (χ2n) is 8.11. The molecule has 0 aliphatic rings. The van der Waals surface area contributed by atoms with Gasteiger partial charge in [-0.2, -0.15) is 0 Å². The van der Waals surface area contributed by atoms with Crippen LogP contribution in [0.2, 0.25) is 5.02 Å². The van der Waals surface area contributed by atoms with Crippen molar-refractivity contribution in [3.05, 3.63) is 88.4 Å². The third-order valence-corrected chi connectivity index (χ3v) is 7.33. The molecule has 0 heterocycles. The first-order valence-electron chi connectivity index (χ1n) is 11.2. The van der Waals surface area contributed by atoms with Crippen molar-refractivity contribution in [3.8, 4) is 0 Å². The maximum absolute atomic E-state index is 13.6. The van der Waals surface area contributed by atoms with Crippen LogP contribution in [-0.2, 0) is 14.8 Å². The number of anilines is 2. The van der Waals surface area contributed by atoms with Crippen LogP contribution in [0, 0.1) is 13.8 Å². The van der Waals surface area contributed by atoms with Crippen molar-refractivity contribution < 1.29 is 18.0 Å². The van der Waals surface area contributed by atoms with Crippen molar-refractivity contribution in [1.29, 1.82) is 0 Å². The van der Waals surface area contributed by atoms with Crippen LogP contribution in [0.5, 0.6) is 0 Å². The first-order chi connectivity index (χ1) is 16.6. The number of hydrogen-bond donors (Lipinski definition) is 2. The second-order valence-corrected chi connectivity index (χ2v) is 10.4. The monoisotopic (exact) mass is 513 g/mol. The maximum Gasteiger partial charge on any atom is 0.264 e. The Morgan fingerprint density at radius 1 is 0.971 bits per heavy atom. The minimum Gasteiger partial charge on any atom is -0.352 e. The van der Waals surface area contributed by atoms with Crippen molar-refractivity contribution >= 4 is 44.8 Å². The molecule has 184 valence electrons. The number of hydrogen-bond acceptors (Lipinski definition) is 4. The van der Waals surface area contributed by atoms with Crippen molar-refractivity contribution in [2.75, 3.05) is 22.7 Å². The van der Waals surface area contributed by atoms with Crippen LogP contribution in [0.3, 0.4) is 0 Å². The summed E-state index contributed by atoms with van der Waals surface area (Å²) >= 11 is 6.17. The molecule has 35 heavy (non-hydrogen) atoms. The molecule has 0 fully saturated rings. The van der Waals surface area contributed by atoms with E-state index in [9.17, 15) is 18.0 Å². The van der Waals surface area contributed by atoms with Gasteiger partial charge in [0.15, 0.2) is 0 Å². The SMILES string of the molecule is CCCNC(=O)c1ccccc1NC(=O)CN(c1cc(Cl)ccc1C)S(=O)(=O)c1ccc(C)cc1. The molecular weight excluding hydrogens is 486 g/mol. The summed E-state index contributed by atoms with van der Waals surface area (Å²) in [6, 6.07) is 17.8. The highest BCUT2D eigenvalue weighted by Crippen LogP contribution is 2.30. The molecule has 0 aliphatic carbocycles. The largest absolute Gasteiger partial charge is 0.352 e. The molecule has 0 saturated heterocycles. The molecule has 0 bridgehead atoms. The fourth-order valence-electron chi connectivity index (χ4n) is 3.43. The van der Waals surface area contributed by atoms with Gasteiger partial charge in [-0.25, -0.2) is 8.42 Å². The molecular formula is C26H28ClN3O4S. The van der Waals surface area contributed by atoms with E-state index in [4.69, 9.17) is 11.6 Å². The van der Waals surface area contributed by atoms with Gasteiger partial charge in [0.05, 0.1) is 21.8 Å². The van der Waals surface area contributed by atoms with Crippen molar-refractivity contribution in [2.24, 2.45) is 0 Å². The second kappa shape index (κ2) is 11.4. The molecule has 0 unspecified atom stereocenters. The smallest absolute Gasteiger partial charge is 0.264 e. The third-order valence-electron chi connectivity index (χ3n) is 5.32. The average molecular weight is 514 g/mol. The van der Waals surface area contributed by atoms with Crippen LogP contribution in [0.15, 0.2) is 71.6 Å². The van der Waals surface area contributed by atoms with Crippen LogP contribution >= 0.6 is 11.6 Å². The normalized spacial score (nSPS) is 11.1. The zero-order chi connectivity index (χ0) is 25.6. The Bertz CT molecular complexity index is 1320. The topological polar surface area (TPSA) is 95.6 Å². The summed E-state index contributed by atoms with van der Waals surface area (Å²) in [5.74, 6) is -0.923. The number of carbonyl (C=O) groups is 2. The molecule has 3 aromatic rings. The summed E-state index contributed by atoms with van der Waals surface area (Å²) in [5.41, 5.74) is 2.42. The van der Waals surface area contributed by atoms with Gasteiger partial charge in [-0.05, 0) is 62.2 Å². The lowest BCUT2D eigenvalue weighted by Gasteiger charge is -2.26. The molecule has 7 nitrogen and oxygen atoms in total. The van der Waals surface area contributed by atoms with E-state index in [1.54, 1.807) is 55.5 Å². The first-order valence-corrected chi connectivity index (χ1v) is 13.0. The number of para-hydroxylation sites is 1. The van der Waals surface area contributed by atoms with E-state index in [1.165, 1.54) is 18.2 Å². The molecule has 0 radical (unpaired) electrons. The average Bonchev–Trinajstić information content (AvgIpc) is 2.83. The van der Waals surface area contributed by atoms with Crippen LogP contribution in [0.1, 0.15) is 34.8 Å². The van der Waals surface area contributed by atoms with Crippen molar-refractivity contribution in [1.82, 2.24) is 5.32 Å². The molecule has 0 saturated carbocycles. The number of nitrogens with zero attached hydrogens (tertiary/aromatic N) is 1. The highest BCUT2D eigenvalue weighted by molar-refractivity contribution is 7.92. The third kappa shape index (κ3) is 6.41. The van der Waals surface area contributed by atoms with E-state index in [-0.39, 0.29) is 10.8 Å². The molecule has 2 N–H and O–H groups in total. The van der Waals surface area contributed by atoms with Gasteiger partial charge < -0.3 is 10.6 Å². The zero-order valence-corrected chi connectivity index (χ0v) is 21.4. The van der Waals surface area contributed by atoms with Gasteiger partial charge in [-0.15, -0.1) is 0 Å². The van der Waals surface area contributed by atoms with Crippen LogP contribution in [0.25, 0.3) is 0 Å². The summed E-state index contributed by atoms with van der Waals surface area (Å²) < 4.78 is 28.3. The van der Waals surface area contributed by atoms with E-state index in [1.807, 2.05) is 13.8 Å². The zero-order valence-electron chi connectivity index (χ0n) is 19.8. The maximum atomic E-state index is 13.6. The number of halogens is 1. The number of benzene rings is 3. The predicted molar refractivity (Wildman–Crippen MR) is 140 cm³/mol. The quantitative estimate of drug-likeness (QED) is 0.424. The van der Waals surface area contributed by atoms with Gasteiger partial charge in [0.25, 0.3) is 15.9 Å². The number of amides is 2. The van der Waals surface area contributed by atoms with Gasteiger partial charge in [-0.1, -0.05) is 54.4 Å². The van der Waals surface area contributed by atoms with E-state index in [0.717, 1.165) is 16.3 Å². The standard InChI is InChI=1S/C26H28ClN3O4S/c1-4-15-28-26(32)22-7-5-6-8-23(22)29-25(31)17-30(24-16-20(27)12-11-19(24)3)35(33,34)21-13-9-18(2)10-14-21/h5-14,16H,4,15,17H2,1-3H3,(H,28,32)(H,29,31). The van der Waals surface area contributed by atoms with Gasteiger partial charge in [0, 0.05) is 11.6 Å². The fraction of sp³-hybridized carbons (Fsp3) is 0.231. The Hall–Kier alpha value is -3.36. The molecule has 3 aromatic carbocycles. The summed E-state index contributed by atoms with van der Waals surface area (Å²) in [4.78, 5) is 25.7. The molecule has 0 aliphatic heterocycles. The lowest BCUT2D eigenvalue weighted by molar-refractivity contribution is -0.114. The van der Waals surface area contributed by atoms with E-state index in [0.29, 0.717) is 34.1 Å². The van der Waals surface area contributed by atoms with E-state index in [2.05, 4.69) is 10.6 Å². The van der Waals surface area contributed by atoms with Gasteiger partial charge in [-0.3, -0.25) is 13.9 Å². The molecule has 0 aromatic heterocycles. The highest BCUT2D eigenvalue weighted by Gasteiger charge is 2.29. The van der Waals surface area contributed by atoms with Crippen molar-refractivity contribution in [3.63, 3.8) is 0 Å². The molecule has 9 heteroatoms. The van der Waals surface area contributed by atoms with Crippen molar-refractivity contribution in [2.45, 2.75) is 32.1 Å². The van der Waals surface area contributed by atoms with Gasteiger partial charge in [0.2, 0.25) is 5.91 Å². The fourth-order valence-corrected chi connectivity index (χ4v) is 5.08. The number of nitrogens with one attached hydrogen (secondary N) is 2. The molecule has 3 rings (SSSR count). The van der Waals surface area contributed by atoms with Crippen LogP contribution in [-0.4, -0.2) is 33.3 Å². The number of aryl methyl sites for hydroxylation is 2. The van der Waals surface area contributed by atoms with E-state index >= 15 is 0 Å². The summed E-state index contributed by atoms with van der Waals surface area (Å²) in [5, 5.41) is 5.82. The lowest BCUT2D eigenvalue weighted by Crippen LogP contribution is -2.39. The Morgan fingerprint density at radius 3 is 2.34 bits per heavy atom. The Labute approximate surface area is 211 Å². The van der Waals surface area contributed by atoms with Crippen LogP contribution < -0.4 is 14.9 Å². The summed E-state index contributed by atoms with van der Waals surface area (Å²) in [6.45, 7) is 5.53. The number of sulfonamides is 1. The summed E-state index contributed by atoms with van der Waals surface area (Å²) in [7, 11) is -4.10. The number of carbonyl (C=O) groups excluding carboxylic acids is 2. The predicted octanol–water partition coefficient (Wildman–Crippen LogP) is 4.93. The minimum absolute atomic E-state index is 0.0506. The minimum atomic E-state index is -4.10. The Morgan fingerprint density at radius 2 is 1.66 bits per heavy atom. The Kier molecular flexibility index (Phi) is 8.53. The molecule has 0 atom stereocenters. The first kappa shape index (κ1) is 26.2. The van der Waals surface area contributed by atoms with Gasteiger partial charge in [0.1, 0.15) is 6.54 Å². The summed E-state index contributed by atoms with van der Waals surface area (Å²) in [6.07, 6.45) is 0.769. The van der Waals surface area contributed by atoms with E-state index < -0.39 is 22.5 Å². The number of rotatable bonds is 9.